The van der Waals surface area contributed by atoms with E-state index in [1.54, 1.807) is 24.3 Å². The van der Waals surface area contributed by atoms with Gasteiger partial charge in [0.25, 0.3) is 5.91 Å². The number of nitrogens with two attached hydrogens (primary N) is 2. The monoisotopic (exact) mass is 327 g/mol. The molecular formula is C19H25N3O2. The molecule has 2 aromatic carbocycles. The third-order valence-electron chi connectivity index (χ3n) is 3.71. The molecule has 0 saturated carbocycles. The largest absolute Gasteiger partial charge is 0.494 e. The van der Waals surface area contributed by atoms with E-state index in [1.807, 2.05) is 24.3 Å². The van der Waals surface area contributed by atoms with Crippen LogP contribution in [0.4, 0.5) is 5.69 Å². The Morgan fingerprint density at radius 3 is 2.33 bits per heavy atom. The molecule has 0 heterocycles. The first-order chi connectivity index (χ1) is 11.7. The maximum absolute atomic E-state index is 11.9. The van der Waals surface area contributed by atoms with Gasteiger partial charge in [0, 0.05) is 24.3 Å². The summed E-state index contributed by atoms with van der Waals surface area (Å²) in [6, 6.07) is 14.7. The zero-order valence-corrected chi connectivity index (χ0v) is 13.8. The van der Waals surface area contributed by atoms with Gasteiger partial charge in [0.1, 0.15) is 5.75 Å². The minimum absolute atomic E-state index is 0.0637. The van der Waals surface area contributed by atoms with Crippen molar-refractivity contribution in [3.8, 4) is 5.75 Å². The lowest BCUT2D eigenvalue weighted by Crippen LogP contribution is -2.24. The van der Waals surface area contributed by atoms with Crippen molar-refractivity contribution in [1.29, 1.82) is 0 Å². The predicted octanol–water partition coefficient (Wildman–Crippen LogP) is 2.71. The molecule has 0 unspecified atom stereocenters. The van der Waals surface area contributed by atoms with Crippen LogP contribution in [0.15, 0.2) is 48.5 Å². The number of rotatable bonds is 9. The lowest BCUT2D eigenvalue weighted by molar-refractivity contribution is 0.0953. The number of amides is 1. The molecule has 2 rings (SSSR count). The van der Waals surface area contributed by atoms with Gasteiger partial charge in [0.05, 0.1) is 6.61 Å². The Kier molecular flexibility index (Phi) is 7.11. The second-order valence-corrected chi connectivity index (χ2v) is 5.64. The van der Waals surface area contributed by atoms with Gasteiger partial charge in [-0.1, -0.05) is 12.1 Å². The molecule has 0 aromatic heterocycles. The first-order valence-corrected chi connectivity index (χ1v) is 8.24. The second-order valence-electron chi connectivity index (χ2n) is 5.64. The molecule has 5 N–H and O–H groups in total. The fraction of sp³-hybridized carbons (Fsp3) is 0.316. The number of nitrogen functional groups attached to an aromatic ring is 1. The highest BCUT2D eigenvalue weighted by molar-refractivity contribution is 5.94. The van der Waals surface area contributed by atoms with Crippen molar-refractivity contribution in [3.05, 3.63) is 59.7 Å². The number of carbonyl (C=O) groups is 1. The minimum atomic E-state index is -0.0637. The fourth-order valence-corrected chi connectivity index (χ4v) is 2.25. The average molecular weight is 327 g/mol. The van der Waals surface area contributed by atoms with E-state index in [2.05, 4.69) is 5.32 Å². The van der Waals surface area contributed by atoms with Gasteiger partial charge in [-0.05, 0) is 61.2 Å². The summed E-state index contributed by atoms with van der Waals surface area (Å²) in [6.07, 6.45) is 2.88. The molecule has 0 spiro atoms. The summed E-state index contributed by atoms with van der Waals surface area (Å²) in [7, 11) is 0. The Morgan fingerprint density at radius 1 is 0.958 bits per heavy atom. The van der Waals surface area contributed by atoms with Gasteiger partial charge in [-0.2, -0.15) is 0 Å². The molecule has 0 saturated heterocycles. The molecule has 0 bridgehead atoms. The van der Waals surface area contributed by atoms with Gasteiger partial charge < -0.3 is 21.5 Å². The summed E-state index contributed by atoms with van der Waals surface area (Å²) in [6.45, 7) is 1.88. The summed E-state index contributed by atoms with van der Waals surface area (Å²) in [4.78, 5) is 11.9. The molecule has 0 radical (unpaired) electrons. The first-order valence-electron chi connectivity index (χ1n) is 8.24. The second kappa shape index (κ2) is 9.57. The lowest BCUT2D eigenvalue weighted by atomic mass is 10.2. The van der Waals surface area contributed by atoms with Gasteiger partial charge in [-0.15, -0.1) is 0 Å². The molecule has 0 fully saturated rings. The van der Waals surface area contributed by atoms with Gasteiger partial charge in [-0.25, -0.2) is 0 Å². The Labute approximate surface area is 143 Å². The van der Waals surface area contributed by atoms with Crippen molar-refractivity contribution in [3.63, 3.8) is 0 Å². The summed E-state index contributed by atoms with van der Waals surface area (Å²) in [5.74, 6) is 0.801. The predicted molar refractivity (Wildman–Crippen MR) is 96.9 cm³/mol. The number of benzene rings is 2. The smallest absolute Gasteiger partial charge is 0.251 e. The van der Waals surface area contributed by atoms with Crippen molar-refractivity contribution < 1.29 is 9.53 Å². The van der Waals surface area contributed by atoms with Crippen molar-refractivity contribution in [2.24, 2.45) is 5.73 Å². The number of ether oxygens (including phenoxy) is 1. The Morgan fingerprint density at radius 2 is 1.67 bits per heavy atom. The molecule has 5 nitrogen and oxygen atoms in total. The third-order valence-corrected chi connectivity index (χ3v) is 3.71. The molecule has 24 heavy (non-hydrogen) atoms. The summed E-state index contributed by atoms with van der Waals surface area (Å²) in [5.41, 5.74) is 13.5. The highest BCUT2D eigenvalue weighted by Gasteiger charge is 2.03. The van der Waals surface area contributed by atoms with Crippen LogP contribution in [-0.2, 0) is 6.54 Å². The molecule has 0 aliphatic carbocycles. The van der Waals surface area contributed by atoms with Crippen LogP contribution in [0, 0.1) is 0 Å². The molecular weight excluding hydrogens is 302 g/mol. The van der Waals surface area contributed by atoms with Crippen molar-refractivity contribution >= 4 is 11.6 Å². The van der Waals surface area contributed by atoms with E-state index >= 15 is 0 Å². The first kappa shape index (κ1) is 17.8. The minimum Gasteiger partial charge on any atom is -0.494 e. The summed E-state index contributed by atoms with van der Waals surface area (Å²) < 4.78 is 5.67. The van der Waals surface area contributed by atoms with E-state index in [-0.39, 0.29) is 5.91 Å². The highest BCUT2D eigenvalue weighted by Crippen LogP contribution is 2.12. The third kappa shape index (κ3) is 5.93. The van der Waals surface area contributed by atoms with Crippen LogP contribution in [0.25, 0.3) is 0 Å². The maximum atomic E-state index is 11.9. The van der Waals surface area contributed by atoms with Crippen molar-refractivity contribution in [2.45, 2.75) is 25.8 Å². The Hall–Kier alpha value is -2.53. The van der Waals surface area contributed by atoms with Gasteiger partial charge in [-0.3, -0.25) is 4.79 Å². The summed E-state index contributed by atoms with van der Waals surface area (Å²) in [5, 5.41) is 2.91. The Bertz CT molecular complexity index is 624. The number of unbranched alkanes of at least 4 members (excludes halogenated alkanes) is 2. The molecule has 1 amide bonds. The quantitative estimate of drug-likeness (QED) is 0.488. The standard InChI is InChI=1S/C19H25N3O2/c20-14-15-4-10-18(11-5-15)24-13-3-1-2-12-22-19(23)16-6-8-17(21)9-7-16/h4-11H,1-3,12-14,20-21H2,(H,22,23). The van der Waals surface area contributed by atoms with E-state index in [0.29, 0.717) is 30.9 Å². The normalized spacial score (nSPS) is 10.4. The van der Waals surface area contributed by atoms with Gasteiger partial charge >= 0.3 is 0 Å². The van der Waals surface area contributed by atoms with E-state index < -0.39 is 0 Å². The van der Waals surface area contributed by atoms with Crippen LogP contribution < -0.4 is 21.5 Å². The SMILES string of the molecule is NCc1ccc(OCCCCCNC(=O)c2ccc(N)cc2)cc1. The van der Waals surface area contributed by atoms with E-state index in [9.17, 15) is 4.79 Å². The Balaban J connectivity index is 1.54. The molecule has 5 heteroatoms. The lowest BCUT2D eigenvalue weighted by Gasteiger charge is -2.08. The number of hydrogen-bond acceptors (Lipinski definition) is 4. The van der Waals surface area contributed by atoms with Crippen molar-refractivity contribution in [1.82, 2.24) is 5.32 Å². The molecule has 0 atom stereocenters. The molecule has 0 aliphatic heterocycles. The fourth-order valence-electron chi connectivity index (χ4n) is 2.25. The van der Waals surface area contributed by atoms with Crippen LogP contribution in [0.3, 0.4) is 0 Å². The average Bonchev–Trinajstić information content (AvgIpc) is 2.62. The van der Waals surface area contributed by atoms with Gasteiger partial charge in [0.15, 0.2) is 0 Å². The van der Waals surface area contributed by atoms with Crippen molar-refractivity contribution in [2.75, 3.05) is 18.9 Å². The van der Waals surface area contributed by atoms with Crippen LogP contribution in [0.2, 0.25) is 0 Å². The van der Waals surface area contributed by atoms with Crippen LogP contribution >= 0.6 is 0 Å². The van der Waals surface area contributed by atoms with E-state index in [1.165, 1.54) is 0 Å². The molecule has 0 aliphatic rings. The maximum Gasteiger partial charge on any atom is 0.251 e. The number of carbonyl (C=O) groups excluding carboxylic acids is 1. The zero-order valence-electron chi connectivity index (χ0n) is 13.8. The highest BCUT2D eigenvalue weighted by atomic mass is 16.5. The summed E-state index contributed by atoms with van der Waals surface area (Å²) >= 11 is 0. The van der Waals surface area contributed by atoms with Crippen LogP contribution in [0.1, 0.15) is 35.2 Å². The molecule has 128 valence electrons. The van der Waals surface area contributed by atoms with E-state index in [4.69, 9.17) is 16.2 Å². The topological polar surface area (TPSA) is 90.4 Å². The molecule has 2 aromatic rings. The number of hydrogen-bond donors (Lipinski definition) is 3. The van der Waals surface area contributed by atoms with E-state index in [0.717, 1.165) is 30.6 Å². The van der Waals surface area contributed by atoms with Crippen LogP contribution in [0.5, 0.6) is 5.75 Å². The number of anilines is 1. The van der Waals surface area contributed by atoms with Gasteiger partial charge in [0.2, 0.25) is 0 Å². The van der Waals surface area contributed by atoms with Crippen LogP contribution in [-0.4, -0.2) is 19.1 Å². The number of nitrogens with one attached hydrogen (secondary N) is 1. The zero-order chi connectivity index (χ0) is 17.2.